The Balaban J connectivity index is 1.40. The second kappa shape index (κ2) is 5.24. The van der Waals surface area contributed by atoms with Gasteiger partial charge >= 0.3 is 5.97 Å². The van der Waals surface area contributed by atoms with Gasteiger partial charge < -0.3 is 14.4 Å². The molecule has 0 aromatic rings. The van der Waals surface area contributed by atoms with Crippen molar-refractivity contribution in [2.45, 2.75) is 44.6 Å². The number of morpholine rings is 1. The lowest BCUT2D eigenvalue weighted by Crippen LogP contribution is -3.15. The van der Waals surface area contributed by atoms with Crippen LogP contribution < -0.4 is 4.90 Å². The van der Waals surface area contributed by atoms with E-state index in [2.05, 4.69) is 6.92 Å². The molecule has 1 saturated heterocycles. The Morgan fingerprint density at radius 1 is 1.10 bits per heavy atom. The van der Waals surface area contributed by atoms with E-state index in [1.165, 1.54) is 37.0 Å². The highest BCUT2D eigenvalue weighted by atomic mass is 16.6. The quantitative estimate of drug-likeness (QED) is 0.777. The normalized spacial score (nSPS) is 45.8. The number of hydrogen-bond donors (Lipinski definition) is 1. The molecular formula is C17H28NO3+. The minimum absolute atomic E-state index is 0.0156. The van der Waals surface area contributed by atoms with Gasteiger partial charge in [0.05, 0.1) is 13.2 Å². The van der Waals surface area contributed by atoms with Gasteiger partial charge in [-0.25, -0.2) is 4.79 Å². The van der Waals surface area contributed by atoms with Crippen LogP contribution in [-0.4, -0.2) is 44.4 Å². The third kappa shape index (κ3) is 2.50. The molecule has 0 atom stereocenters. The predicted octanol–water partition coefficient (Wildman–Crippen LogP) is 0.659. The van der Waals surface area contributed by atoms with Crippen molar-refractivity contribution >= 4 is 5.97 Å². The molecule has 5 aliphatic rings. The van der Waals surface area contributed by atoms with E-state index in [0.29, 0.717) is 18.4 Å². The second-order valence-corrected chi connectivity index (χ2v) is 8.00. The summed E-state index contributed by atoms with van der Waals surface area (Å²) in [7, 11) is 0. The molecule has 0 unspecified atom stereocenters. The van der Waals surface area contributed by atoms with Gasteiger partial charge in [-0.2, -0.15) is 0 Å². The number of rotatable bonds is 3. The molecule has 5 fully saturated rings. The van der Waals surface area contributed by atoms with Crippen LogP contribution in [0.4, 0.5) is 0 Å². The molecule has 21 heavy (non-hydrogen) atoms. The summed E-state index contributed by atoms with van der Waals surface area (Å²) in [6.07, 6.45) is 6.61. The third-order valence-electron chi connectivity index (χ3n) is 6.69. The number of carbonyl (C=O) groups excluding carboxylic acids is 1. The third-order valence-corrected chi connectivity index (χ3v) is 6.69. The summed E-state index contributed by atoms with van der Waals surface area (Å²) in [6.45, 7) is 6.16. The number of ether oxygens (including phenoxy) is 2. The lowest BCUT2D eigenvalue weighted by molar-refractivity contribution is -0.900. The van der Waals surface area contributed by atoms with Crippen LogP contribution in [-0.2, 0) is 14.3 Å². The SMILES string of the molecule is CC1(OC(=O)C[NH+]2CCOCC2)C2CC3CC(C2)CC1C3. The van der Waals surface area contributed by atoms with Gasteiger partial charge in [0.1, 0.15) is 18.7 Å². The smallest absolute Gasteiger partial charge is 0.362 e. The maximum atomic E-state index is 12.4. The standard InChI is InChI=1S/C17H27NO3/c1-17(21-16(19)11-18-2-4-20-5-3-18)14-7-12-6-13(9-14)10-15(17)8-12/h12-15H,2-11H2,1H3/p+1. The van der Waals surface area contributed by atoms with Crippen molar-refractivity contribution in [3.05, 3.63) is 0 Å². The molecule has 4 nitrogen and oxygen atoms in total. The Bertz CT molecular complexity index is 388. The molecule has 0 radical (unpaired) electrons. The minimum Gasteiger partial charge on any atom is -0.455 e. The van der Waals surface area contributed by atoms with Crippen molar-refractivity contribution < 1.29 is 19.2 Å². The summed E-state index contributed by atoms with van der Waals surface area (Å²) in [5, 5.41) is 0. The van der Waals surface area contributed by atoms with Crippen molar-refractivity contribution in [2.75, 3.05) is 32.8 Å². The zero-order valence-electron chi connectivity index (χ0n) is 13.1. The van der Waals surface area contributed by atoms with Crippen LogP contribution in [0.15, 0.2) is 0 Å². The van der Waals surface area contributed by atoms with Crippen molar-refractivity contribution in [3.63, 3.8) is 0 Å². The average Bonchev–Trinajstić information content (AvgIpc) is 2.45. The summed E-state index contributed by atoms with van der Waals surface area (Å²) in [5.74, 6) is 3.10. The van der Waals surface area contributed by atoms with Gasteiger partial charge in [-0.05, 0) is 62.7 Å². The molecule has 1 heterocycles. The fraction of sp³-hybridized carbons (Fsp3) is 0.941. The molecule has 1 N–H and O–H groups in total. The first kappa shape index (κ1) is 14.0. The van der Waals surface area contributed by atoms with Gasteiger partial charge in [0.2, 0.25) is 0 Å². The van der Waals surface area contributed by atoms with E-state index in [0.717, 1.165) is 38.1 Å². The minimum atomic E-state index is -0.170. The fourth-order valence-electron chi connectivity index (χ4n) is 5.61. The Morgan fingerprint density at radius 3 is 2.24 bits per heavy atom. The number of quaternary nitrogens is 1. The Hall–Kier alpha value is -0.610. The molecular weight excluding hydrogens is 266 g/mol. The van der Waals surface area contributed by atoms with Gasteiger partial charge in [0, 0.05) is 0 Å². The van der Waals surface area contributed by atoms with Crippen LogP contribution >= 0.6 is 0 Å². The van der Waals surface area contributed by atoms with Crippen LogP contribution in [0.2, 0.25) is 0 Å². The van der Waals surface area contributed by atoms with E-state index in [-0.39, 0.29) is 11.6 Å². The lowest BCUT2D eigenvalue weighted by Gasteiger charge is -2.59. The molecule has 0 amide bonds. The van der Waals surface area contributed by atoms with E-state index in [9.17, 15) is 4.79 Å². The molecule has 0 aromatic heterocycles. The van der Waals surface area contributed by atoms with Crippen LogP contribution in [0.25, 0.3) is 0 Å². The molecule has 4 bridgehead atoms. The zero-order chi connectivity index (χ0) is 14.4. The molecule has 4 saturated carbocycles. The Kier molecular flexibility index (Phi) is 3.49. The number of carbonyl (C=O) groups is 1. The van der Waals surface area contributed by atoms with Gasteiger partial charge in [0.15, 0.2) is 6.54 Å². The summed E-state index contributed by atoms with van der Waals surface area (Å²) in [4.78, 5) is 13.7. The largest absolute Gasteiger partial charge is 0.455 e. The summed E-state index contributed by atoms with van der Waals surface area (Å²) in [5.41, 5.74) is -0.170. The van der Waals surface area contributed by atoms with Crippen LogP contribution in [0, 0.1) is 23.7 Å². The van der Waals surface area contributed by atoms with E-state index in [1.807, 2.05) is 0 Å². The topological polar surface area (TPSA) is 40.0 Å². The number of esters is 1. The van der Waals surface area contributed by atoms with Crippen molar-refractivity contribution in [1.29, 1.82) is 0 Å². The molecule has 118 valence electrons. The van der Waals surface area contributed by atoms with E-state index in [4.69, 9.17) is 9.47 Å². The molecule has 4 aliphatic carbocycles. The number of hydrogen-bond acceptors (Lipinski definition) is 3. The van der Waals surface area contributed by atoms with Crippen LogP contribution in [0.5, 0.6) is 0 Å². The predicted molar refractivity (Wildman–Crippen MR) is 77.9 cm³/mol. The molecule has 0 aromatic carbocycles. The van der Waals surface area contributed by atoms with Gasteiger partial charge in [-0.15, -0.1) is 0 Å². The highest BCUT2D eigenvalue weighted by molar-refractivity contribution is 5.71. The molecule has 1 aliphatic heterocycles. The fourth-order valence-corrected chi connectivity index (χ4v) is 5.61. The number of nitrogens with one attached hydrogen (secondary N) is 1. The maximum Gasteiger partial charge on any atom is 0.362 e. The maximum absolute atomic E-state index is 12.4. The highest BCUT2D eigenvalue weighted by Gasteiger charge is 2.57. The van der Waals surface area contributed by atoms with E-state index in [1.54, 1.807) is 0 Å². The Morgan fingerprint density at radius 2 is 1.67 bits per heavy atom. The van der Waals surface area contributed by atoms with Crippen molar-refractivity contribution in [3.8, 4) is 0 Å². The van der Waals surface area contributed by atoms with E-state index < -0.39 is 0 Å². The first-order valence-electron chi connectivity index (χ1n) is 8.76. The van der Waals surface area contributed by atoms with Crippen LogP contribution in [0.3, 0.4) is 0 Å². The monoisotopic (exact) mass is 294 g/mol. The zero-order valence-corrected chi connectivity index (χ0v) is 13.1. The summed E-state index contributed by atoms with van der Waals surface area (Å²) < 4.78 is 11.5. The molecule has 5 rings (SSSR count). The van der Waals surface area contributed by atoms with Gasteiger partial charge in [0.25, 0.3) is 0 Å². The average molecular weight is 294 g/mol. The highest BCUT2D eigenvalue weighted by Crippen LogP contribution is 2.59. The lowest BCUT2D eigenvalue weighted by atomic mass is 9.50. The first-order chi connectivity index (χ1) is 10.1. The Labute approximate surface area is 127 Å². The molecule has 0 spiro atoms. The van der Waals surface area contributed by atoms with E-state index >= 15 is 0 Å². The van der Waals surface area contributed by atoms with Crippen molar-refractivity contribution in [2.24, 2.45) is 23.7 Å². The van der Waals surface area contributed by atoms with Gasteiger partial charge in [-0.1, -0.05) is 0 Å². The second-order valence-electron chi connectivity index (χ2n) is 8.00. The van der Waals surface area contributed by atoms with Crippen molar-refractivity contribution in [1.82, 2.24) is 0 Å². The van der Waals surface area contributed by atoms with Gasteiger partial charge in [-0.3, -0.25) is 0 Å². The first-order valence-corrected chi connectivity index (χ1v) is 8.76. The summed E-state index contributed by atoms with van der Waals surface area (Å²) in [6, 6.07) is 0. The molecule has 4 heteroatoms. The van der Waals surface area contributed by atoms with Crippen LogP contribution in [0.1, 0.15) is 39.0 Å². The summed E-state index contributed by atoms with van der Waals surface area (Å²) >= 11 is 0.